The number of nitrogens with one attached hydrogen (secondary N) is 3. The van der Waals surface area contributed by atoms with Crippen LogP contribution in [-0.2, 0) is 42.8 Å². The minimum Gasteiger partial charge on any atom is -0.466 e. The van der Waals surface area contributed by atoms with Crippen LogP contribution in [0.25, 0.3) is 0 Å². The van der Waals surface area contributed by atoms with Gasteiger partial charge in [-0.1, -0.05) is 0 Å². The largest absolute Gasteiger partial charge is 0.466 e. The van der Waals surface area contributed by atoms with Crippen LogP contribution in [0.4, 0.5) is 5.69 Å². The second-order valence-electron chi connectivity index (χ2n) is 12.1. The zero-order chi connectivity index (χ0) is 31.6. The van der Waals surface area contributed by atoms with Crippen molar-refractivity contribution in [3.8, 4) is 0 Å². The van der Waals surface area contributed by atoms with Crippen LogP contribution < -0.4 is 16.0 Å². The zero-order valence-electron chi connectivity index (χ0n) is 25.8. The van der Waals surface area contributed by atoms with Gasteiger partial charge in [0, 0.05) is 37.3 Å². The number of piperazine rings is 1. The predicted molar refractivity (Wildman–Crippen MR) is 154 cm³/mol. The van der Waals surface area contributed by atoms with Gasteiger partial charge in [0.1, 0.15) is 30.5 Å². The van der Waals surface area contributed by atoms with Crippen LogP contribution in [0.3, 0.4) is 0 Å². The molecule has 0 aliphatic carbocycles. The summed E-state index contributed by atoms with van der Waals surface area (Å²) in [7, 11) is 0. The molecule has 4 fully saturated rings. The third kappa shape index (κ3) is 7.32. The Kier molecular flexibility index (Phi) is 9.47. The number of amides is 3. The SMILES string of the molecule is CCOC(=O)CC1C(=O)NCCN1C(=O)CCNC(=O)c1ccc(NC2OC(C3COC(C)(C)O3)[C@@H]3OC(C)(C)O[C@H]23)cc1. The zero-order valence-corrected chi connectivity index (χ0v) is 25.8. The standard InChI is InChI=1S/C30H42N4O10/c1-6-39-22(36)15-19-27(38)32-13-14-34(19)21(35)11-12-31-26(37)17-7-9-18(10-8-17)33-28-25-24(43-30(4,5)44-25)23(41-28)20-16-40-29(2,3)42-20/h7-10,19-20,23-25,28,33H,6,11-16H2,1-5H3,(H,31,37)(H,32,38)/t19?,20?,23?,24-,25-,28?/m0/s1. The Bertz CT molecular complexity index is 1240. The minimum atomic E-state index is -0.932. The fraction of sp³-hybridized carbons (Fsp3) is 0.667. The highest BCUT2D eigenvalue weighted by molar-refractivity contribution is 5.95. The minimum absolute atomic E-state index is 0.0218. The van der Waals surface area contributed by atoms with Gasteiger partial charge in [-0.2, -0.15) is 0 Å². The molecule has 5 rings (SSSR count). The van der Waals surface area contributed by atoms with E-state index in [9.17, 15) is 19.2 Å². The van der Waals surface area contributed by atoms with Crippen LogP contribution in [0.15, 0.2) is 24.3 Å². The molecule has 44 heavy (non-hydrogen) atoms. The molecule has 242 valence electrons. The average molecular weight is 619 g/mol. The molecule has 0 saturated carbocycles. The molecule has 1 aromatic carbocycles. The first-order valence-corrected chi connectivity index (χ1v) is 15.1. The fourth-order valence-electron chi connectivity index (χ4n) is 5.93. The van der Waals surface area contributed by atoms with Gasteiger partial charge in [-0.25, -0.2) is 0 Å². The van der Waals surface area contributed by atoms with Gasteiger partial charge >= 0.3 is 5.97 Å². The summed E-state index contributed by atoms with van der Waals surface area (Å²) in [6.07, 6.45) is -2.20. The average Bonchev–Trinajstić information content (AvgIpc) is 3.59. The van der Waals surface area contributed by atoms with Crippen molar-refractivity contribution in [2.24, 2.45) is 0 Å². The first kappa shape index (κ1) is 32.1. The summed E-state index contributed by atoms with van der Waals surface area (Å²) in [6, 6.07) is 5.92. The quantitative estimate of drug-likeness (QED) is 0.319. The number of anilines is 1. The van der Waals surface area contributed by atoms with Gasteiger partial charge in [-0.15, -0.1) is 0 Å². The third-order valence-corrected chi connectivity index (χ3v) is 7.88. The lowest BCUT2D eigenvalue weighted by molar-refractivity contribution is -0.203. The van der Waals surface area contributed by atoms with E-state index in [0.717, 1.165) is 5.69 Å². The molecule has 0 aromatic heterocycles. The molecule has 6 atom stereocenters. The molecule has 0 bridgehead atoms. The summed E-state index contributed by atoms with van der Waals surface area (Å²) >= 11 is 0. The van der Waals surface area contributed by atoms with E-state index < -0.39 is 41.8 Å². The van der Waals surface area contributed by atoms with Crippen molar-refractivity contribution in [1.29, 1.82) is 0 Å². The van der Waals surface area contributed by atoms with Gasteiger partial charge in [0.25, 0.3) is 5.91 Å². The van der Waals surface area contributed by atoms with Crippen LogP contribution in [0, 0.1) is 0 Å². The Morgan fingerprint density at radius 1 is 1.02 bits per heavy atom. The van der Waals surface area contributed by atoms with Gasteiger partial charge < -0.3 is 49.3 Å². The van der Waals surface area contributed by atoms with E-state index in [-0.39, 0.29) is 62.7 Å². The Morgan fingerprint density at radius 2 is 1.75 bits per heavy atom. The van der Waals surface area contributed by atoms with Crippen LogP contribution >= 0.6 is 0 Å². The van der Waals surface area contributed by atoms with E-state index in [4.69, 9.17) is 28.4 Å². The lowest BCUT2D eigenvalue weighted by atomic mass is 10.1. The summed E-state index contributed by atoms with van der Waals surface area (Å²) < 4.78 is 35.4. The number of ether oxygens (including phenoxy) is 6. The molecular weight excluding hydrogens is 576 g/mol. The highest BCUT2D eigenvalue weighted by Crippen LogP contribution is 2.42. The summed E-state index contributed by atoms with van der Waals surface area (Å²) in [4.78, 5) is 51.3. The number of rotatable bonds is 10. The number of benzene rings is 1. The van der Waals surface area contributed by atoms with E-state index >= 15 is 0 Å². The van der Waals surface area contributed by atoms with Gasteiger partial charge in [-0.05, 0) is 58.9 Å². The number of nitrogens with zero attached hydrogens (tertiary/aromatic N) is 1. The normalized spacial score (nSPS) is 30.4. The fourth-order valence-corrected chi connectivity index (χ4v) is 5.93. The summed E-state index contributed by atoms with van der Waals surface area (Å²) in [5.41, 5.74) is 1.12. The van der Waals surface area contributed by atoms with Crippen molar-refractivity contribution in [2.45, 2.75) is 95.7 Å². The van der Waals surface area contributed by atoms with E-state index in [0.29, 0.717) is 18.7 Å². The maximum absolute atomic E-state index is 12.9. The Morgan fingerprint density at radius 3 is 2.43 bits per heavy atom. The van der Waals surface area contributed by atoms with Crippen molar-refractivity contribution in [3.05, 3.63) is 29.8 Å². The summed E-state index contributed by atoms with van der Waals surface area (Å²) in [5, 5.41) is 8.76. The van der Waals surface area contributed by atoms with E-state index in [2.05, 4.69) is 16.0 Å². The molecule has 14 nitrogen and oxygen atoms in total. The summed E-state index contributed by atoms with van der Waals surface area (Å²) in [6.45, 7) is 10.3. The number of hydrogen-bond donors (Lipinski definition) is 3. The monoisotopic (exact) mass is 618 g/mol. The lowest BCUT2D eigenvalue weighted by Crippen LogP contribution is -2.58. The van der Waals surface area contributed by atoms with E-state index in [1.54, 1.807) is 31.2 Å². The molecular formula is C30H42N4O10. The summed E-state index contributed by atoms with van der Waals surface area (Å²) in [5.74, 6) is -3.11. The smallest absolute Gasteiger partial charge is 0.308 e. The second kappa shape index (κ2) is 13.0. The van der Waals surface area contributed by atoms with Crippen LogP contribution in [-0.4, -0.2) is 110 Å². The first-order valence-electron chi connectivity index (χ1n) is 15.1. The number of esters is 1. The maximum atomic E-state index is 12.9. The molecule has 3 amide bonds. The number of carbonyl (C=O) groups is 4. The lowest BCUT2D eigenvalue weighted by Gasteiger charge is -2.34. The Labute approximate surface area is 256 Å². The van der Waals surface area contributed by atoms with Crippen LogP contribution in [0.5, 0.6) is 0 Å². The number of fused-ring (bicyclic) bond motifs is 1. The molecule has 0 radical (unpaired) electrons. The van der Waals surface area contributed by atoms with Crippen LogP contribution in [0.1, 0.15) is 57.8 Å². The Hall–Kier alpha value is -3.30. The molecule has 4 heterocycles. The highest BCUT2D eigenvalue weighted by atomic mass is 16.8. The molecule has 4 unspecified atom stereocenters. The van der Waals surface area contributed by atoms with E-state index in [1.807, 2.05) is 27.7 Å². The van der Waals surface area contributed by atoms with Gasteiger partial charge in [0.15, 0.2) is 17.8 Å². The maximum Gasteiger partial charge on any atom is 0.308 e. The van der Waals surface area contributed by atoms with Crippen LogP contribution in [0.2, 0.25) is 0 Å². The first-order chi connectivity index (χ1) is 20.9. The van der Waals surface area contributed by atoms with Gasteiger partial charge in [-0.3, -0.25) is 19.2 Å². The molecule has 14 heteroatoms. The van der Waals surface area contributed by atoms with E-state index in [1.165, 1.54) is 4.90 Å². The van der Waals surface area contributed by atoms with Crippen molar-refractivity contribution in [1.82, 2.24) is 15.5 Å². The molecule has 4 saturated heterocycles. The molecule has 1 aromatic rings. The third-order valence-electron chi connectivity index (χ3n) is 7.88. The highest BCUT2D eigenvalue weighted by Gasteiger charge is 2.59. The topological polar surface area (TPSA) is 163 Å². The molecule has 0 spiro atoms. The molecule has 3 N–H and O–H groups in total. The van der Waals surface area contributed by atoms with Gasteiger partial charge in [0.2, 0.25) is 11.8 Å². The van der Waals surface area contributed by atoms with Crippen molar-refractivity contribution < 1.29 is 47.6 Å². The second-order valence-corrected chi connectivity index (χ2v) is 12.1. The van der Waals surface area contributed by atoms with Crippen molar-refractivity contribution in [3.63, 3.8) is 0 Å². The molecule has 4 aliphatic rings. The van der Waals surface area contributed by atoms with Crippen molar-refractivity contribution in [2.75, 3.05) is 38.2 Å². The number of hydrogen-bond acceptors (Lipinski definition) is 11. The predicted octanol–water partition coefficient (Wildman–Crippen LogP) is 0.895. The molecule has 4 aliphatic heterocycles. The van der Waals surface area contributed by atoms with Gasteiger partial charge in [0.05, 0.1) is 19.6 Å². The Balaban J connectivity index is 1.13. The number of carbonyl (C=O) groups excluding carboxylic acids is 4. The van der Waals surface area contributed by atoms with Crippen molar-refractivity contribution >= 4 is 29.4 Å².